The van der Waals surface area contributed by atoms with E-state index in [0.29, 0.717) is 17.4 Å². The highest BCUT2D eigenvalue weighted by atomic mass is 79.9. The Labute approximate surface area is 156 Å². The van der Waals surface area contributed by atoms with Crippen LogP contribution in [0.2, 0.25) is 0 Å². The van der Waals surface area contributed by atoms with Gasteiger partial charge in [-0.15, -0.1) is 0 Å². The number of esters is 2. The lowest BCUT2D eigenvalue weighted by Gasteiger charge is -2.58. The smallest absolute Gasteiger partial charge is 0.337 e. The summed E-state index contributed by atoms with van der Waals surface area (Å²) in [4.78, 5) is 24.6. The molecule has 4 aliphatic rings. The van der Waals surface area contributed by atoms with E-state index in [-0.39, 0.29) is 28.3 Å². The molecule has 4 bridgehead atoms. The maximum absolute atomic E-state index is 13.0. The summed E-state index contributed by atoms with van der Waals surface area (Å²) in [6.45, 7) is 0.204. The molecule has 4 fully saturated rings. The normalized spacial score (nSPS) is 35.4. The van der Waals surface area contributed by atoms with Gasteiger partial charge in [0.2, 0.25) is 0 Å². The van der Waals surface area contributed by atoms with E-state index in [1.807, 2.05) is 6.07 Å². The van der Waals surface area contributed by atoms with Crippen molar-refractivity contribution < 1.29 is 19.1 Å². The molecular weight excluding hydrogens is 384 g/mol. The molecule has 0 N–H and O–H groups in total. The molecule has 5 heteroatoms. The zero-order valence-electron chi connectivity index (χ0n) is 14.4. The van der Waals surface area contributed by atoms with Crippen molar-refractivity contribution in [3.63, 3.8) is 0 Å². The molecule has 5 rings (SSSR count). The van der Waals surface area contributed by atoms with Crippen LogP contribution in [-0.2, 0) is 20.9 Å². The van der Waals surface area contributed by atoms with Crippen molar-refractivity contribution in [2.75, 3.05) is 7.11 Å². The predicted octanol–water partition coefficient (Wildman–Crippen LogP) is 4.25. The average Bonchev–Trinajstić information content (AvgIpc) is 2.57. The summed E-state index contributed by atoms with van der Waals surface area (Å²) in [5.41, 5.74) is 0.980. The first kappa shape index (κ1) is 17.1. The number of rotatable bonds is 4. The Bertz CT molecular complexity index is 699. The van der Waals surface area contributed by atoms with E-state index < -0.39 is 0 Å². The molecule has 4 saturated carbocycles. The molecule has 25 heavy (non-hydrogen) atoms. The molecule has 134 valence electrons. The van der Waals surface area contributed by atoms with Crippen molar-refractivity contribution in [2.24, 2.45) is 17.3 Å². The van der Waals surface area contributed by atoms with E-state index in [0.717, 1.165) is 24.8 Å². The molecule has 0 aromatic heterocycles. The molecule has 2 unspecified atom stereocenters. The number of carbonyl (C=O) groups excluding carboxylic acids is 2. The minimum absolute atomic E-state index is 0.0612. The fraction of sp³-hybridized carbons (Fsp3) is 0.600. The molecule has 0 spiro atoms. The van der Waals surface area contributed by atoms with E-state index in [1.165, 1.54) is 26.4 Å². The van der Waals surface area contributed by atoms with Crippen LogP contribution in [-0.4, -0.2) is 23.4 Å². The van der Waals surface area contributed by atoms with Crippen LogP contribution < -0.4 is 0 Å². The van der Waals surface area contributed by atoms with Gasteiger partial charge in [0, 0.05) is 4.32 Å². The third kappa shape index (κ3) is 3.12. The van der Waals surface area contributed by atoms with Gasteiger partial charge in [0.15, 0.2) is 0 Å². The molecule has 0 saturated heterocycles. The summed E-state index contributed by atoms with van der Waals surface area (Å²) >= 11 is 3.93. The second kappa shape index (κ2) is 6.11. The van der Waals surface area contributed by atoms with E-state index in [4.69, 9.17) is 9.47 Å². The van der Waals surface area contributed by atoms with Crippen LogP contribution in [0.4, 0.5) is 0 Å². The maximum atomic E-state index is 13.0. The van der Waals surface area contributed by atoms with E-state index in [1.54, 1.807) is 18.2 Å². The minimum atomic E-state index is -0.379. The molecule has 4 aliphatic carbocycles. The lowest BCUT2D eigenvalue weighted by atomic mass is 9.49. The summed E-state index contributed by atoms with van der Waals surface area (Å²) in [5.74, 6) is 0.857. The Hall–Kier alpha value is -1.36. The van der Waals surface area contributed by atoms with Crippen molar-refractivity contribution >= 4 is 27.9 Å². The first-order valence-corrected chi connectivity index (χ1v) is 9.74. The highest BCUT2D eigenvalue weighted by Crippen LogP contribution is 2.64. The number of hydrogen-bond acceptors (Lipinski definition) is 4. The van der Waals surface area contributed by atoms with Gasteiger partial charge in [-0.25, -0.2) is 4.79 Å². The molecule has 1 aromatic rings. The van der Waals surface area contributed by atoms with E-state index in [9.17, 15) is 9.59 Å². The monoisotopic (exact) mass is 406 g/mol. The van der Waals surface area contributed by atoms with Crippen LogP contribution in [0.25, 0.3) is 0 Å². The number of halogens is 1. The largest absolute Gasteiger partial charge is 0.465 e. The van der Waals surface area contributed by atoms with Crippen LogP contribution in [0.3, 0.4) is 0 Å². The zero-order chi connectivity index (χ0) is 17.7. The number of methoxy groups -OCH3 is 1. The topological polar surface area (TPSA) is 52.6 Å². The third-order valence-electron chi connectivity index (χ3n) is 6.14. The van der Waals surface area contributed by atoms with Gasteiger partial charge in [-0.3, -0.25) is 4.79 Å². The summed E-state index contributed by atoms with van der Waals surface area (Å²) < 4.78 is 10.6. The van der Waals surface area contributed by atoms with E-state index >= 15 is 0 Å². The number of ether oxygens (including phenoxy) is 2. The molecular formula is C20H23BrO4. The lowest BCUT2D eigenvalue weighted by molar-refractivity contribution is -0.170. The van der Waals surface area contributed by atoms with Crippen molar-refractivity contribution in [3.8, 4) is 0 Å². The summed E-state index contributed by atoms with van der Waals surface area (Å²) in [6.07, 6.45) is 6.49. The molecule has 0 radical (unpaired) electrons. The second-order valence-corrected chi connectivity index (χ2v) is 9.84. The molecule has 1 aromatic carbocycles. The lowest BCUT2D eigenvalue weighted by Crippen LogP contribution is -2.56. The fourth-order valence-corrected chi connectivity index (χ4v) is 7.05. The van der Waals surface area contributed by atoms with Gasteiger partial charge >= 0.3 is 11.9 Å². The van der Waals surface area contributed by atoms with Gasteiger partial charge in [-0.1, -0.05) is 28.1 Å². The van der Waals surface area contributed by atoms with Gasteiger partial charge in [0.1, 0.15) is 6.61 Å². The van der Waals surface area contributed by atoms with Crippen LogP contribution in [0.15, 0.2) is 24.3 Å². The van der Waals surface area contributed by atoms with E-state index in [2.05, 4.69) is 15.9 Å². The molecule has 0 heterocycles. The number of hydrogen-bond donors (Lipinski definition) is 0. The van der Waals surface area contributed by atoms with Gasteiger partial charge in [-0.2, -0.15) is 0 Å². The SMILES string of the molecule is COC(=O)c1cccc(COC(=O)C23C[C@@H]4C[C@@H](CC(Br)(C4)C2)C3)c1. The van der Waals surface area contributed by atoms with Crippen molar-refractivity contribution in [3.05, 3.63) is 35.4 Å². The van der Waals surface area contributed by atoms with Crippen molar-refractivity contribution in [1.29, 1.82) is 0 Å². The minimum Gasteiger partial charge on any atom is -0.465 e. The van der Waals surface area contributed by atoms with Gasteiger partial charge in [0.05, 0.1) is 18.1 Å². The Morgan fingerprint density at radius 2 is 1.92 bits per heavy atom. The van der Waals surface area contributed by atoms with Gasteiger partial charge in [0.25, 0.3) is 0 Å². The molecule has 4 nitrogen and oxygen atoms in total. The molecule has 0 aliphatic heterocycles. The highest BCUT2D eigenvalue weighted by molar-refractivity contribution is 9.10. The third-order valence-corrected chi connectivity index (χ3v) is 7.07. The first-order valence-electron chi connectivity index (χ1n) is 8.95. The number of carbonyl (C=O) groups is 2. The van der Waals surface area contributed by atoms with Crippen LogP contribution in [0.1, 0.15) is 54.4 Å². The van der Waals surface area contributed by atoms with Crippen LogP contribution >= 0.6 is 15.9 Å². The molecule has 0 amide bonds. The number of alkyl halides is 1. The average molecular weight is 407 g/mol. The van der Waals surface area contributed by atoms with Crippen molar-refractivity contribution in [1.82, 2.24) is 0 Å². The zero-order valence-corrected chi connectivity index (χ0v) is 16.0. The standard InChI is InChI=1S/C20H23BrO4/c1-24-17(22)16-4-2-3-13(6-16)11-25-18(23)19-7-14-5-15(8-19)10-20(21,9-14)12-19/h2-4,6,14-15H,5,7-12H2,1H3/t14-,15+,19?,20?. The van der Waals surface area contributed by atoms with Gasteiger partial charge in [-0.05, 0) is 68.1 Å². The summed E-state index contributed by atoms with van der Waals surface area (Å²) in [5, 5.41) is 0. The first-order chi connectivity index (χ1) is 11.9. The Kier molecular flexibility index (Phi) is 4.18. The Morgan fingerprint density at radius 3 is 2.56 bits per heavy atom. The second-order valence-electron chi connectivity index (χ2n) is 8.16. The number of benzene rings is 1. The quantitative estimate of drug-likeness (QED) is 0.553. The highest BCUT2D eigenvalue weighted by Gasteiger charge is 2.60. The van der Waals surface area contributed by atoms with Crippen LogP contribution in [0, 0.1) is 17.3 Å². The summed E-state index contributed by atoms with van der Waals surface area (Å²) in [7, 11) is 1.36. The fourth-order valence-electron chi connectivity index (χ4n) is 5.60. The molecule has 4 atom stereocenters. The maximum Gasteiger partial charge on any atom is 0.337 e. The summed E-state index contributed by atoms with van der Waals surface area (Å²) in [6, 6.07) is 7.08. The van der Waals surface area contributed by atoms with Crippen LogP contribution in [0.5, 0.6) is 0 Å². The van der Waals surface area contributed by atoms with Gasteiger partial charge < -0.3 is 9.47 Å². The Balaban J connectivity index is 1.45. The van der Waals surface area contributed by atoms with Crippen molar-refractivity contribution in [2.45, 2.75) is 49.5 Å². The Morgan fingerprint density at radius 1 is 1.20 bits per heavy atom. The predicted molar refractivity (Wildman–Crippen MR) is 96.4 cm³/mol.